The Labute approximate surface area is 155 Å². The van der Waals surface area contributed by atoms with Crippen LogP contribution in [0.25, 0.3) is 0 Å². The van der Waals surface area contributed by atoms with Gasteiger partial charge in [-0.3, -0.25) is 20.3 Å². The van der Waals surface area contributed by atoms with Gasteiger partial charge in [-0.2, -0.15) is 0 Å². The molecular weight excluding hydrogens is 362 g/mol. The maximum Gasteiger partial charge on any atom is 0.419 e. The third kappa shape index (κ3) is 6.98. The number of esters is 1. The van der Waals surface area contributed by atoms with E-state index < -0.39 is 17.1 Å². The van der Waals surface area contributed by atoms with Crippen LogP contribution in [-0.2, 0) is 9.53 Å². The van der Waals surface area contributed by atoms with Gasteiger partial charge in [0.15, 0.2) is 11.5 Å². The van der Waals surface area contributed by atoms with E-state index in [1.165, 1.54) is 19.2 Å². The van der Waals surface area contributed by atoms with E-state index in [4.69, 9.17) is 19.3 Å². The van der Waals surface area contributed by atoms with Crippen LogP contribution in [0.5, 0.6) is 11.5 Å². The van der Waals surface area contributed by atoms with Gasteiger partial charge in [0.25, 0.3) is 5.69 Å². The van der Waals surface area contributed by atoms with Crippen molar-refractivity contribution in [1.82, 2.24) is 10.9 Å². The van der Waals surface area contributed by atoms with Gasteiger partial charge in [-0.05, 0) is 26.3 Å². The summed E-state index contributed by atoms with van der Waals surface area (Å²) in [6.07, 6.45) is -0.783. The minimum Gasteiger partial charge on any atom is -0.493 e. The van der Waals surface area contributed by atoms with Crippen LogP contribution in [0.4, 0.5) is 10.5 Å². The summed E-state index contributed by atoms with van der Waals surface area (Å²) in [6.45, 7) is 3.70. The quantitative estimate of drug-likeness (QED) is 0.225. The number of carbonyl (C=O) groups excluding carboxylic acids is 1. The van der Waals surface area contributed by atoms with E-state index in [0.717, 1.165) is 0 Å². The number of nitro benzene ring substituents is 1. The molecule has 150 valence electrons. The summed E-state index contributed by atoms with van der Waals surface area (Å²) < 4.78 is 15.5. The minimum absolute atomic E-state index is 0.139. The van der Waals surface area contributed by atoms with Crippen molar-refractivity contribution in [3.63, 3.8) is 0 Å². The smallest absolute Gasteiger partial charge is 0.419 e. The lowest BCUT2D eigenvalue weighted by Crippen LogP contribution is -2.38. The second-order valence-electron chi connectivity index (χ2n) is 5.37. The summed E-state index contributed by atoms with van der Waals surface area (Å²) in [6, 6.07) is 1.91. The van der Waals surface area contributed by atoms with Gasteiger partial charge in [0.1, 0.15) is 0 Å². The number of carbonyl (C=O) groups is 2. The summed E-state index contributed by atoms with van der Waals surface area (Å²) >= 11 is 0. The highest BCUT2D eigenvalue weighted by molar-refractivity contribution is 5.69. The van der Waals surface area contributed by atoms with Crippen molar-refractivity contribution in [2.75, 3.05) is 20.3 Å². The normalized spacial score (nSPS) is 11.4. The highest BCUT2D eigenvalue weighted by Crippen LogP contribution is 2.37. The third-order valence-corrected chi connectivity index (χ3v) is 3.46. The van der Waals surface area contributed by atoms with E-state index >= 15 is 0 Å². The Morgan fingerprint density at radius 2 is 2.04 bits per heavy atom. The summed E-state index contributed by atoms with van der Waals surface area (Å²) in [7, 11) is 1.38. The Morgan fingerprint density at radius 3 is 2.59 bits per heavy atom. The summed E-state index contributed by atoms with van der Waals surface area (Å²) in [5.74, 6) is 0.0473. The SMILES string of the molecule is CCOC(=O)CCCOc1cc([N+](=O)[O-])c(C(C)NNC(=O)O)cc1OC. The van der Waals surface area contributed by atoms with Crippen LogP contribution >= 0.6 is 0 Å². The van der Waals surface area contributed by atoms with Crippen molar-refractivity contribution < 1.29 is 33.8 Å². The Hall–Kier alpha value is -3.08. The van der Waals surface area contributed by atoms with Gasteiger partial charge in [0, 0.05) is 6.42 Å². The van der Waals surface area contributed by atoms with Crippen LogP contribution in [0, 0.1) is 10.1 Å². The zero-order chi connectivity index (χ0) is 20.4. The van der Waals surface area contributed by atoms with Crippen molar-refractivity contribution >= 4 is 17.7 Å². The van der Waals surface area contributed by atoms with Crippen molar-refractivity contribution in [3.05, 3.63) is 27.8 Å². The van der Waals surface area contributed by atoms with Crippen molar-refractivity contribution in [1.29, 1.82) is 0 Å². The van der Waals surface area contributed by atoms with Gasteiger partial charge in [-0.15, -0.1) is 0 Å². The number of benzene rings is 1. The summed E-state index contributed by atoms with van der Waals surface area (Å²) in [4.78, 5) is 32.7. The average Bonchev–Trinajstić information content (AvgIpc) is 2.62. The molecule has 0 aliphatic carbocycles. The topological polar surface area (TPSA) is 149 Å². The van der Waals surface area contributed by atoms with Gasteiger partial charge in [0.2, 0.25) is 0 Å². The Bertz CT molecular complexity index is 680. The second-order valence-corrected chi connectivity index (χ2v) is 5.37. The van der Waals surface area contributed by atoms with E-state index in [-0.39, 0.29) is 41.7 Å². The lowest BCUT2D eigenvalue weighted by Gasteiger charge is -2.17. The summed E-state index contributed by atoms with van der Waals surface area (Å²) in [5, 5.41) is 20.0. The van der Waals surface area contributed by atoms with Gasteiger partial charge < -0.3 is 19.3 Å². The molecule has 0 aliphatic rings. The molecule has 0 aliphatic heterocycles. The zero-order valence-corrected chi connectivity index (χ0v) is 15.3. The molecule has 27 heavy (non-hydrogen) atoms. The molecule has 0 radical (unpaired) electrons. The molecule has 0 heterocycles. The Kier molecular flexibility index (Phi) is 8.79. The van der Waals surface area contributed by atoms with Crippen molar-refractivity contribution in [2.45, 2.75) is 32.7 Å². The first kappa shape index (κ1) is 22.0. The number of hydrogen-bond acceptors (Lipinski definition) is 8. The monoisotopic (exact) mass is 385 g/mol. The Morgan fingerprint density at radius 1 is 1.33 bits per heavy atom. The van der Waals surface area contributed by atoms with Gasteiger partial charge in [0.05, 0.1) is 42.9 Å². The fourth-order valence-electron chi connectivity index (χ4n) is 2.22. The number of methoxy groups -OCH3 is 1. The second kappa shape index (κ2) is 10.8. The van der Waals surface area contributed by atoms with E-state index in [9.17, 15) is 19.7 Å². The molecule has 11 heteroatoms. The molecule has 1 unspecified atom stereocenters. The number of nitro groups is 1. The molecule has 0 aromatic heterocycles. The maximum atomic E-state index is 11.4. The van der Waals surface area contributed by atoms with E-state index in [1.54, 1.807) is 13.8 Å². The van der Waals surface area contributed by atoms with Gasteiger partial charge >= 0.3 is 12.1 Å². The molecule has 1 amide bonds. The number of carboxylic acid groups (broad SMARTS) is 1. The molecule has 0 fully saturated rings. The number of rotatable bonds is 11. The largest absolute Gasteiger partial charge is 0.493 e. The molecule has 0 bridgehead atoms. The van der Waals surface area contributed by atoms with Gasteiger partial charge in [-0.25, -0.2) is 10.2 Å². The van der Waals surface area contributed by atoms with Crippen molar-refractivity contribution in [3.8, 4) is 11.5 Å². The molecule has 1 rings (SSSR count). The fourth-order valence-corrected chi connectivity index (χ4v) is 2.22. The number of nitrogens with one attached hydrogen (secondary N) is 2. The zero-order valence-electron chi connectivity index (χ0n) is 15.3. The first-order valence-corrected chi connectivity index (χ1v) is 8.19. The predicted octanol–water partition coefficient (Wildman–Crippen LogP) is 2.16. The fraction of sp³-hybridized carbons (Fsp3) is 0.500. The van der Waals surface area contributed by atoms with Crippen LogP contribution in [0.15, 0.2) is 12.1 Å². The number of ether oxygens (including phenoxy) is 3. The standard InChI is InChI=1S/C16H23N3O8/c1-4-26-15(20)6-5-7-27-14-9-12(19(23)24)11(8-13(14)25-3)10(2)17-18-16(21)22/h8-10,17-18H,4-7H2,1-3H3,(H,21,22). The number of amides is 1. The summed E-state index contributed by atoms with van der Waals surface area (Å²) in [5.41, 5.74) is 4.34. The highest BCUT2D eigenvalue weighted by Gasteiger charge is 2.24. The van der Waals surface area contributed by atoms with Crippen molar-refractivity contribution in [2.24, 2.45) is 0 Å². The number of nitrogens with zero attached hydrogens (tertiary/aromatic N) is 1. The number of hydrogen-bond donors (Lipinski definition) is 3. The predicted molar refractivity (Wildman–Crippen MR) is 93.7 cm³/mol. The van der Waals surface area contributed by atoms with Crippen LogP contribution in [0.3, 0.4) is 0 Å². The minimum atomic E-state index is -1.32. The van der Waals surface area contributed by atoms with Crippen LogP contribution in [-0.4, -0.2) is 42.4 Å². The number of hydrazine groups is 1. The van der Waals surface area contributed by atoms with E-state index in [1.807, 2.05) is 5.43 Å². The van der Waals surface area contributed by atoms with E-state index in [2.05, 4.69) is 5.43 Å². The average molecular weight is 385 g/mol. The molecule has 0 saturated heterocycles. The molecule has 0 saturated carbocycles. The first-order valence-electron chi connectivity index (χ1n) is 8.19. The molecule has 11 nitrogen and oxygen atoms in total. The lowest BCUT2D eigenvalue weighted by molar-refractivity contribution is -0.385. The Balaban J connectivity index is 2.93. The molecule has 1 atom stereocenters. The molecule has 3 N–H and O–H groups in total. The van der Waals surface area contributed by atoms with E-state index in [0.29, 0.717) is 13.0 Å². The molecular formula is C16H23N3O8. The van der Waals surface area contributed by atoms with Gasteiger partial charge in [-0.1, -0.05) is 0 Å². The first-order chi connectivity index (χ1) is 12.8. The van der Waals surface area contributed by atoms with Crippen LogP contribution < -0.4 is 20.3 Å². The maximum absolute atomic E-state index is 11.4. The molecule has 1 aromatic rings. The lowest BCUT2D eigenvalue weighted by atomic mass is 10.1. The van der Waals surface area contributed by atoms with Crippen LogP contribution in [0.2, 0.25) is 0 Å². The molecule has 1 aromatic carbocycles. The highest BCUT2D eigenvalue weighted by atomic mass is 16.6. The van der Waals surface area contributed by atoms with Crippen LogP contribution in [0.1, 0.15) is 38.3 Å². The molecule has 0 spiro atoms. The third-order valence-electron chi connectivity index (χ3n) is 3.46.